The van der Waals surface area contributed by atoms with E-state index in [1.165, 1.54) is 11.3 Å². The van der Waals surface area contributed by atoms with Gasteiger partial charge in [-0.1, -0.05) is 13.8 Å². The summed E-state index contributed by atoms with van der Waals surface area (Å²) < 4.78 is 0. The number of nitrogens with one attached hydrogen (secondary N) is 1. The van der Waals surface area contributed by atoms with Gasteiger partial charge in [-0.25, -0.2) is 4.98 Å². The summed E-state index contributed by atoms with van der Waals surface area (Å²) in [4.78, 5) is 4.35. The van der Waals surface area contributed by atoms with Gasteiger partial charge in [-0.3, -0.25) is 0 Å². The van der Waals surface area contributed by atoms with E-state index in [0.29, 0.717) is 22.9 Å². The molecule has 0 saturated carbocycles. The molecule has 0 fully saturated rings. The van der Waals surface area contributed by atoms with Crippen LogP contribution in [-0.2, 0) is 0 Å². The Morgan fingerprint density at radius 1 is 1.65 bits per heavy atom. The lowest BCUT2D eigenvalue weighted by Crippen LogP contribution is -2.04. The van der Waals surface area contributed by atoms with E-state index in [9.17, 15) is 0 Å². The van der Waals surface area contributed by atoms with Gasteiger partial charge in [0.25, 0.3) is 0 Å². The quantitative estimate of drug-likeness (QED) is 0.788. The number of anilines is 1. The van der Waals surface area contributed by atoms with Crippen molar-refractivity contribution in [2.24, 2.45) is 11.7 Å². The van der Waals surface area contributed by atoms with E-state index >= 15 is 0 Å². The molecule has 0 unspecified atom stereocenters. The topological polar surface area (TPSA) is 74.7 Å². The van der Waals surface area contributed by atoms with Crippen LogP contribution in [0.4, 0.5) is 5.13 Å². The molecule has 0 spiro atoms. The van der Waals surface area contributed by atoms with Gasteiger partial charge < -0.3 is 11.1 Å². The lowest BCUT2D eigenvalue weighted by atomic mass is 10.1. The van der Waals surface area contributed by atoms with E-state index in [-0.39, 0.29) is 0 Å². The first-order chi connectivity index (χ1) is 8.04. The lowest BCUT2D eigenvalue weighted by molar-refractivity contribution is 0.607. The Hall–Kier alpha value is -1.54. The van der Waals surface area contributed by atoms with Crippen LogP contribution in [0.25, 0.3) is 5.57 Å². The molecular formula is C12H18N4S. The Morgan fingerprint density at radius 3 is 2.88 bits per heavy atom. The zero-order chi connectivity index (χ0) is 12.8. The van der Waals surface area contributed by atoms with Crippen LogP contribution in [0.15, 0.2) is 11.1 Å². The SMILES string of the molecule is C/C(N)=C(/C#N)c1csc(NCCC(C)C)n1. The molecule has 4 nitrogen and oxygen atoms in total. The summed E-state index contributed by atoms with van der Waals surface area (Å²) in [5.74, 6) is 0.669. The number of nitrogens with two attached hydrogens (primary N) is 1. The summed E-state index contributed by atoms with van der Waals surface area (Å²) in [5.41, 5.74) is 7.25. The van der Waals surface area contributed by atoms with Gasteiger partial charge in [-0.05, 0) is 19.3 Å². The Labute approximate surface area is 106 Å². The van der Waals surface area contributed by atoms with Crippen molar-refractivity contribution >= 4 is 22.0 Å². The third-order valence-electron chi connectivity index (χ3n) is 2.26. The molecule has 0 bridgehead atoms. The summed E-state index contributed by atoms with van der Waals surface area (Å²) >= 11 is 1.50. The van der Waals surface area contributed by atoms with Crippen molar-refractivity contribution in [3.05, 3.63) is 16.8 Å². The molecular weight excluding hydrogens is 232 g/mol. The second kappa shape index (κ2) is 6.26. The first-order valence-corrected chi connectivity index (χ1v) is 6.48. The van der Waals surface area contributed by atoms with E-state index in [2.05, 4.69) is 30.2 Å². The Morgan fingerprint density at radius 2 is 2.35 bits per heavy atom. The third-order valence-corrected chi connectivity index (χ3v) is 3.06. The number of thiazole rings is 1. The maximum Gasteiger partial charge on any atom is 0.183 e. The summed E-state index contributed by atoms with van der Waals surface area (Å²) in [7, 11) is 0. The molecule has 0 aromatic carbocycles. The molecule has 0 aliphatic rings. The summed E-state index contributed by atoms with van der Waals surface area (Å²) in [6.07, 6.45) is 1.10. The standard InChI is InChI=1S/C12H18N4S/c1-8(2)4-5-15-12-16-11(7-17-12)10(6-13)9(3)14/h7-8H,4-5,14H2,1-3H3,(H,15,16)/b10-9+. The second-order valence-corrected chi connectivity index (χ2v) is 5.18. The van der Waals surface area contributed by atoms with Gasteiger partial charge >= 0.3 is 0 Å². The van der Waals surface area contributed by atoms with Gasteiger partial charge in [-0.2, -0.15) is 5.26 Å². The molecule has 0 saturated heterocycles. The molecule has 0 radical (unpaired) electrons. The largest absolute Gasteiger partial charge is 0.401 e. The zero-order valence-corrected chi connectivity index (χ0v) is 11.3. The first-order valence-electron chi connectivity index (χ1n) is 5.60. The average molecular weight is 250 g/mol. The fourth-order valence-electron chi connectivity index (χ4n) is 1.28. The fraction of sp³-hybridized carbons (Fsp3) is 0.500. The van der Waals surface area contributed by atoms with E-state index in [0.717, 1.165) is 18.1 Å². The fourth-order valence-corrected chi connectivity index (χ4v) is 2.02. The molecule has 0 amide bonds. The van der Waals surface area contributed by atoms with Crippen LogP contribution < -0.4 is 11.1 Å². The minimum atomic E-state index is 0.457. The number of nitrogens with zero attached hydrogens (tertiary/aromatic N) is 2. The minimum Gasteiger partial charge on any atom is -0.401 e. The van der Waals surface area contributed by atoms with Gasteiger partial charge in [0.2, 0.25) is 0 Å². The number of nitriles is 1. The number of hydrogen-bond donors (Lipinski definition) is 2. The molecule has 3 N–H and O–H groups in total. The van der Waals surface area contributed by atoms with Gasteiger partial charge in [-0.15, -0.1) is 11.3 Å². The first kappa shape index (κ1) is 13.5. The average Bonchev–Trinajstić information content (AvgIpc) is 2.66. The summed E-state index contributed by atoms with van der Waals surface area (Å²) in [5, 5.41) is 14.9. The van der Waals surface area contributed by atoms with E-state index < -0.39 is 0 Å². The maximum atomic E-state index is 8.96. The molecule has 1 aromatic rings. The van der Waals surface area contributed by atoms with Crippen molar-refractivity contribution in [2.75, 3.05) is 11.9 Å². The van der Waals surface area contributed by atoms with Gasteiger partial charge in [0.1, 0.15) is 6.07 Å². The van der Waals surface area contributed by atoms with Crippen molar-refractivity contribution in [3.63, 3.8) is 0 Å². The molecule has 0 atom stereocenters. The van der Waals surface area contributed by atoms with Crippen LogP contribution in [0, 0.1) is 17.2 Å². The lowest BCUT2D eigenvalue weighted by Gasteiger charge is -2.04. The monoisotopic (exact) mass is 250 g/mol. The van der Waals surface area contributed by atoms with Crippen molar-refractivity contribution in [1.29, 1.82) is 5.26 Å². The van der Waals surface area contributed by atoms with Crippen LogP contribution >= 0.6 is 11.3 Å². The highest BCUT2D eigenvalue weighted by Crippen LogP contribution is 2.22. The Bertz CT molecular complexity index is 436. The van der Waals surface area contributed by atoms with E-state index in [1.54, 1.807) is 6.92 Å². The highest BCUT2D eigenvalue weighted by Gasteiger charge is 2.08. The molecule has 0 aliphatic heterocycles. The highest BCUT2D eigenvalue weighted by molar-refractivity contribution is 7.13. The predicted octanol–water partition coefficient (Wildman–Crippen LogP) is 2.81. The molecule has 1 aromatic heterocycles. The number of hydrogen-bond acceptors (Lipinski definition) is 5. The minimum absolute atomic E-state index is 0.457. The van der Waals surface area contributed by atoms with Crippen molar-refractivity contribution in [1.82, 2.24) is 4.98 Å². The van der Waals surface area contributed by atoms with Gasteiger partial charge in [0, 0.05) is 17.6 Å². The van der Waals surface area contributed by atoms with Crippen LogP contribution in [0.1, 0.15) is 32.9 Å². The second-order valence-electron chi connectivity index (χ2n) is 4.32. The van der Waals surface area contributed by atoms with Crippen LogP contribution in [0.5, 0.6) is 0 Å². The van der Waals surface area contributed by atoms with Gasteiger partial charge in [0.15, 0.2) is 5.13 Å². The summed E-state index contributed by atoms with van der Waals surface area (Å²) in [6.45, 7) is 6.98. The van der Waals surface area contributed by atoms with E-state index in [4.69, 9.17) is 11.0 Å². The van der Waals surface area contributed by atoms with Gasteiger partial charge in [0.05, 0.1) is 11.3 Å². The predicted molar refractivity (Wildman–Crippen MR) is 72.5 cm³/mol. The Kier molecular flexibility index (Phi) is 4.98. The molecule has 1 rings (SSSR count). The highest BCUT2D eigenvalue weighted by atomic mass is 32.1. The molecule has 0 aliphatic carbocycles. The Balaban J connectivity index is 2.66. The molecule has 5 heteroatoms. The number of allylic oxidation sites excluding steroid dienone is 2. The van der Waals surface area contributed by atoms with E-state index in [1.807, 2.05) is 5.38 Å². The molecule has 92 valence electrons. The van der Waals surface area contributed by atoms with Crippen molar-refractivity contribution < 1.29 is 0 Å². The number of aromatic nitrogens is 1. The smallest absolute Gasteiger partial charge is 0.183 e. The number of rotatable bonds is 5. The van der Waals surface area contributed by atoms with Crippen LogP contribution in [0.2, 0.25) is 0 Å². The zero-order valence-electron chi connectivity index (χ0n) is 10.4. The third kappa shape index (κ3) is 4.08. The normalized spacial score (nSPS) is 12.2. The van der Waals surface area contributed by atoms with Crippen LogP contribution in [-0.4, -0.2) is 11.5 Å². The van der Waals surface area contributed by atoms with Crippen molar-refractivity contribution in [3.8, 4) is 6.07 Å². The molecule has 17 heavy (non-hydrogen) atoms. The van der Waals surface area contributed by atoms with Crippen LogP contribution in [0.3, 0.4) is 0 Å². The molecule has 1 heterocycles. The van der Waals surface area contributed by atoms with Crippen molar-refractivity contribution in [2.45, 2.75) is 27.2 Å². The summed E-state index contributed by atoms with van der Waals surface area (Å²) in [6, 6.07) is 2.08. The maximum absolute atomic E-state index is 8.96.